The molecule has 1 atom stereocenters. The second-order valence-corrected chi connectivity index (χ2v) is 6.63. The second kappa shape index (κ2) is 6.83. The van der Waals surface area contributed by atoms with E-state index >= 15 is 0 Å². The molecule has 0 fully saturated rings. The van der Waals surface area contributed by atoms with Crippen LogP contribution in [0, 0.1) is 6.92 Å². The van der Waals surface area contributed by atoms with E-state index in [1.807, 2.05) is 12.1 Å². The number of nitrogens with one attached hydrogen (secondary N) is 2. The van der Waals surface area contributed by atoms with Crippen LogP contribution < -0.4 is 10.6 Å². The lowest BCUT2D eigenvalue weighted by Gasteiger charge is -2.21. The number of halogens is 1. The molecule has 4 nitrogen and oxygen atoms in total. The average molecular weight is 345 g/mol. The van der Waals surface area contributed by atoms with Crippen LogP contribution >= 0.6 is 11.6 Å². The number of benzene rings is 2. The predicted molar refractivity (Wildman–Crippen MR) is 97.0 cm³/mol. The zero-order chi connectivity index (χ0) is 17.3. The third-order valence-electron chi connectivity index (χ3n) is 4.41. The summed E-state index contributed by atoms with van der Waals surface area (Å²) in [7, 11) is 0. The standard InChI is InChI=1S/C19H21ClN2O2/c1-11-4-3-5-13(8-11)16-10-21-7-6-14-15(16)9-17(22-12(2)23)19(24)18(14)20/h3-5,8-9,16,21,24H,6-7,10H2,1-2H3,(H,22,23). The fourth-order valence-corrected chi connectivity index (χ4v) is 3.61. The third kappa shape index (κ3) is 3.25. The number of fused-ring (bicyclic) bond motifs is 1. The van der Waals surface area contributed by atoms with Crippen molar-refractivity contribution in [2.75, 3.05) is 18.4 Å². The van der Waals surface area contributed by atoms with Gasteiger partial charge in [0.1, 0.15) is 0 Å². The molecular formula is C19H21ClN2O2. The highest BCUT2D eigenvalue weighted by atomic mass is 35.5. The Kier molecular flexibility index (Phi) is 4.78. The van der Waals surface area contributed by atoms with Crippen LogP contribution in [0.5, 0.6) is 5.75 Å². The maximum Gasteiger partial charge on any atom is 0.221 e. The maximum absolute atomic E-state index is 11.4. The van der Waals surface area contributed by atoms with E-state index in [0.717, 1.165) is 30.6 Å². The van der Waals surface area contributed by atoms with Gasteiger partial charge in [-0.25, -0.2) is 0 Å². The van der Waals surface area contributed by atoms with Crippen LogP contribution in [-0.2, 0) is 11.2 Å². The first-order valence-electron chi connectivity index (χ1n) is 8.06. The summed E-state index contributed by atoms with van der Waals surface area (Å²) in [6.45, 7) is 5.07. The van der Waals surface area contributed by atoms with Crippen LogP contribution in [0.3, 0.4) is 0 Å². The number of anilines is 1. The number of aryl methyl sites for hydroxylation is 1. The molecule has 1 amide bonds. The van der Waals surface area contributed by atoms with Crippen LogP contribution in [0.2, 0.25) is 5.02 Å². The van der Waals surface area contributed by atoms with Crippen molar-refractivity contribution in [2.24, 2.45) is 0 Å². The monoisotopic (exact) mass is 344 g/mol. The van der Waals surface area contributed by atoms with E-state index in [2.05, 4.69) is 35.8 Å². The summed E-state index contributed by atoms with van der Waals surface area (Å²) in [5.74, 6) is -0.177. The Hall–Kier alpha value is -2.04. The van der Waals surface area contributed by atoms with Crippen LogP contribution in [0.1, 0.15) is 35.1 Å². The van der Waals surface area contributed by atoms with Gasteiger partial charge in [0.15, 0.2) is 5.75 Å². The first-order valence-corrected chi connectivity index (χ1v) is 8.44. The summed E-state index contributed by atoms with van der Waals surface area (Å²) in [5, 5.41) is 16.8. The van der Waals surface area contributed by atoms with E-state index in [1.165, 1.54) is 18.1 Å². The second-order valence-electron chi connectivity index (χ2n) is 6.26. The van der Waals surface area contributed by atoms with Crippen molar-refractivity contribution >= 4 is 23.2 Å². The fourth-order valence-electron chi connectivity index (χ4n) is 3.30. The molecule has 3 N–H and O–H groups in total. The zero-order valence-electron chi connectivity index (χ0n) is 13.8. The molecule has 0 aromatic heterocycles. The SMILES string of the molecule is CC(=O)Nc1cc2c(c(Cl)c1O)CCNCC2c1cccc(C)c1. The molecule has 0 bridgehead atoms. The molecule has 2 aromatic rings. The third-order valence-corrected chi connectivity index (χ3v) is 4.81. The molecule has 3 rings (SSSR count). The summed E-state index contributed by atoms with van der Waals surface area (Å²) >= 11 is 6.43. The molecular weight excluding hydrogens is 324 g/mol. The molecule has 1 aliphatic heterocycles. The summed E-state index contributed by atoms with van der Waals surface area (Å²) in [4.78, 5) is 11.4. The molecule has 0 aliphatic carbocycles. The van der Waals surface area contributed by atoms with Gasteiger partial charge in [0.25, 0.3) is 0 Å². The minimum atomic E-state index is -0.236. The molecule has 1 heterocycles. The van der Waals surface area contributed by atoms with Crippen molar-refractivity contribution in [3.8, 4) is 5.75 Å². The first-order chi connectivity index (χ1) is 11.5. The topological polar surface area (TPSA) is 61.4 Å². The van der Waals surface area contributed by atoms with E-state index < -0.39 is 0 Å². The molecule has 1 aliphatic rings. The number of hydrogen-bond donors (Lipinski definition) is 3. The molecule has 0 spiro atoms. The predicted octanol–water partition coefficient (Wildman–Crippen LogP) is 3.59. The van der Waals surface area contributed by atoms with Crippen molar-refractivity contribution in [2.45, 2.75) is 26.2 Å². The first kappa shape index (κ1) is 16.8. The fraction of sp³-hybridized carbons (Fsp3) is 0.316. The van der Waals surface area contributed by atoms with Gasteiger partial charge in [0, 0.05) is 19.4 Å². The number of rotatable bonds is 2. The van der Waals surface area contributed by atoms with Crippen molar-refractivity contribution < 1.29 is 9.90 Å². The van der Waals surface area contributed by atoms with E-state index in [4.69, 9.17) is 11.6 Å². The zero-order valence-corrected chi connectivity index (χ0v) is 14.6. The highest BCUT2D eigenvalue weighted by Crippen LogP contribution is 2.42. The van der Waals surface area contributed by atoms with E-state index in [1.54, 1.807) is 0 Å². The van der Waals surface area contributed by atoms with E-state index in [0.29, 0.717) is 10.7 Å². The molecule has 2 aromatic carbocycles. The van der Waals surface area contributed by atoms with Gasteiger partial charge in [-0.05, 0) is 42.6 Å². The van der Waals surface area contributed by atoms with Crippen molar-refractivity contribution in [3.05, 3.63) is 57.6 Å². The van der Waals surface area contributed by atoms with Crippen LogP contribution in [0.15, 0.2) is 30.3 Å². The molecule has 0 saturated carbocycles. The molecule has 24 heavy (non-hydrogen) atoms. The van der Waals surface area contributed by atoms with Crippen molar-refractivity contribution in [3.63, 3.8) is 0 Å². The number of phenols is 1. The van der Waals surface area contributed by atoms with E-state index in [-0.39, 0.29) is 17.6 Å². The largest absolute Gasteiger partial charge is 0.504 e. The highest BCUT2D eigenvalue weighted by Gasteiger charge is 2.25. The van der Waals surface area contributed by atoms with Gasteiger partial charge in [0.2, 0.25) is 5.91 Å². The van der Waals surface area contributed by atoms with Crippen molar-refractivity contribution in [1.82, 2.24) is 5.32 Å². The number of aromatic hydroxyl groups is 1. The number of phenolic OH excluding ortho intramolecular Hbond substituents is 1. The Morgan fingerprint density at radius 1 is 1.38 bits per heavy atom. The summed E-state index contributed by atoms with van der Waals surface area (Å²) in [6, 6.07) is 10.2. The number of carbonyl (C=O) groups excluding carboxylic acids is 1. The molecule has 1 unspecified atom stereocenters. The minimum absolute atomic E-state index is 0.0597. The Morgan fingerprint density at radius 3 is 2.88 bits per heavy atom. The Balaban J connectivity index is 2.16. The normalized spacial score (nSPS) is 17.0. The molecule has 5 heteroatoms. The average Bonchev–Trinajstić information content (AvgIpc) is 2.74. The number of amides is 1. The molecule has 0 saturated heterocycles. The van der Waals surface area contributed by atoms with Gasteiger partial charge >= 0.3 is 0 Å². The van der Waals surface area contributed by atoms with Gasteiger partial charge < -0.3 is 15.7 Å². The summed E-state index contributed by atoms with van der Waals surface area (Å²) < 4.78 is 0. The number of carbonyl (C=O) groups is 1. The maximum atomic E-state index is 11.4. The number of hydrogen-bond acceptors (Lipinski definition) is 3. The van der Waals surface area contributed by atoms with Crippen LogP contribution in [0.4, 0.5) is 5.69 Å². The summed E-state index contributed by atoms with van der Waals surface area (Å²) in [6.07, 6.45) is 0.740. The van der Waals surface area contributed by atoms with Crippen LogP contribution in [-0.4, -0.2) is 24.1 Å². The van der Waals surface area contributed by atoms with Crippen LogP contribution in [0.25, 0.3) is 0 Å². The van der Waals surface area contributed by atoms with Gasteiger partial charge in [0.05, 0.1) is 10.7 Å². The van der Waals surface area contributed by atoms with Gasteiger partial charge in [-0.3, -0.25) is 4.79 Å². The molecule has 126 valence electrons. The smallest absolute Gasteiger partial charge is 0.221 e. The van der Waals surface area contributed by atoms with Crippen molar-refractivity contribution in [1.29, 1.82) is 0 Å². The van der Waals surface area contributed by atoms with Gasteiger partial charge in [-0.1, -0.05) is 41.4 Å². The van der Waals surface area contributed by atoms with E-state index in [9.17, 15) is 9.90 Å². The molecule has 0 radical (unpaired) electrons. The lowest BCUT2D eigenvalue weighted by Crippen LogP contribution is -2.21. The lowest BCUT2D eigenvalue weighted by molar-refractivity contribution is -0.114. The highest BCUT2D eigenvalue weighted by molar-refractivity contribution is 6.33. The Morgan fingerprint density at radius 2 is 2.17 bits per heavy atom. The Labute approximate surface area is 146 Å². The summed E-state index contributed by atoms with van der Waals surface area (Å²) in [5.41, 5.74) is 4.76. The quantitative estimate of drug-likeness (QED) is 0.730. The van der Waals surface area contributed by atoms with Gasteiger partial charge in [-0.15, -0.1) is 0 Å². The minimum Gasteiger partial charge on any atom is -0.504 e. The Bertz CT molecular complexity index is 789. The lowest BCUT2D eigenvalue weighted by atomic mass is 9.87. The van der Waals surface area contributed by atoms with Gasteiger partial charge in [-0.2, -0.15) is 0 Å².